The van der Waals surface area contributed by atoms with Crippen molar-refractivity contribution < 1.29 is 0 Å². The maximum atomic E-state index is 8.45. The normalized spacial score (nSPS) is 10.1. The van der Waals surface area contributed by atoms with Gasteiger partial charge in [0.25, 0.3) is 0 Å². The van der Waals surface area contributed by atoms with Gasteiger partial charge in [0.1, 0.15) is 0 Å². The first-order valence-electron chi connectivity index (χ1n) is 3.18. The van der Waals surface area contributed by atoms with Crippen molar-refractivity contribution in [3.8, 4) is 6.07 Å². The van der Waals surface area contributed by atoms with Crippen LogP contribution in [0.3, 0.4) is 0 Å². The van der Waals surface area contributed by atoms with Gasteiger partial charge in [0.05, 0.1) is 24.4 Å². The first-order valence-corrected chi connectivity index (χ1v) is 4.06. The molecule has 0 unspecified atom stereocenters. The first kappa shape index (κ1) is 6.38. The molecule has 0 aliphatic rings. The van der Waals surface area contributed by atoms with Gasteiger partial charge >= 0.3 is 0 Å². The number of nitriles is 1. The fourth-order valence-corrected chi connectivity index (χ4v) is 1.70. The number of imidazole rings is 1. The van der Waals surface area contributed by atoms with Gasteiger partial charge in [-0.3, -0.25) is 4.40 Å². The molecular formula is C7H5N3S. The van der Waals surface area contributed by atoms with Gasteiger partial charge in [0.15, 0.2) is 4.96 Å². The number of fused-ring (bicyclic) bond motifs is 1. The molecule has 0 aliphatic heterocycles. The van der Waals surface area contributed by atoms with Crippen molar-refractivity contribution >= 4 is 16.3 Å². The van der Waals surface area contributed by atoms with Gasteiger partial charge in [-0.25, -0.2) is 4.98 Å². The molecule has 2 aromatic heterocycles. The minimum Gasteiger partial charge on any atom is -0.294 e. The lowest BCUT2D eigenvalue weighted by molar-refractivity contribution is 1.07. The van der Waals surface area contributed by atoms with Crippen LogP contribution in [0.2, 0.25) is 0 Å². The Labute approximate surface area is 67.5 Å². The van der Waals surface area contributed by atoms with Crippen LogP contribution in [0.5, 0.6) is 0 Å². The molecule has 0 amide bonds. The van der Waals surface area contributed by atoms with Crippen LogP contribution in [-0.4, -0.2) is 9.38 Å². The fraction of sp³-hybridized carbons (Fsp3) is 0.143. The maximum Gasteiger partial charge on any atom is 0.193 e. The molecule has 0 atom stereocenters. The molecule has 0 aromatic carbocycles. The summed E-state index contributed by atoms with van der Waals surface area (Å²) in [4.78, 5) is 5.08. The summed E-state index contributed by atoms with van der Waals surface area (Å²) in [5.41, 5.74) is 0.962. The lowest BCUT2D eigenvalue weighted by atomic mass is 10.4. The van der Waals surface area contributed by atoms with Gasteiger partial charge in [-0.2, -0.15) is 5.26 Å². The summed E-state index contributed by atoms with van der Waals surface area (Å²) in [6, 6.07) is 2.10. The van der Waals surface area contributed by atoms with E-state index in [1.54, 1.807) is 17.5 Å². The summed E-state index contributed by atoms with van der Waals surface area (Å²) in [6.45, 7) is 0. The third-order valence-electron chi connectivity index (χ3n) is 1.48. The lowest BCUT2D eigenvalue weighted by Gasteiger charge is -1.86. The summed E-state index contributed by atoms with van der Waals surface area (Å²) >= 11 is 1.58. The summed E-state index contributed by atoms with van der Waals surface area (Å²) in [7, 11) is 0. The highest BCUT2D eigenvalue weighted by molar-refractivity contribution is 7.15. The van der Waals surface area contributed by atoms with E-state index in [0.29, 0.717) is 6.42 Å². The smallest absolute Gasteiger partial charge is 0.193 e. The molecule has 0 saturated heterocycles. The van der Waals surface area contributed by atoms with E-state index in [1.165, 1.54) is 0 Å². The Kier molecular flexibility index (Phi) is 1.37. The van der Waals surface area contributed by atoms with Gasteiger partial charge in [0.2, 0.25) is 0 Å². The third-order valence-corrected chi connectivity index (χ3v) is 2.25. The van der Waals surface area contributed by atoms with Crippen LogP contribution >= 0.6 is 11.3 Å². The molecule has 11 heavy (non-hydrogen) atoms. The van der Waals surface area contributed by atoms with Gasteiger partial charge < -0.3 is 0 Å². The maximum absolute atomic E-state index is 8.45. The van der Waals surface area contributed by atoms with Crippen molar-refractivity contribution in [3.05, 3.63) is 23.5 Å². The Balaban J connectivity index is 2.61. The Morgan fingerprint density at radius 1 is 1.73 bits per heavy atom. The molecule has 2 rings (SSSR count). The molecule has 0 saturated carbocycles. The second kappa shape index (κ2) is 2.36. The van der Waals surface area contributed by atoms with Gasteiger partial charge in [-0.05, 0) is 0 Å². The summed E-state index contributed by atoms with van der Waals surface area (Å²) in [5, 5.41) is 10.4. The number of thiazole rings is 1. The van der Waals surface area contributed by atoms with Crippen LogP contribution in [0.4, 0.5) is 0 Å². The van der Waals surface area contributed by atoms with Crippen LogP contribution in [-0.2, 0) is 6.42 Å². The Morgan fingerprint density at radius 2 is 2.64 bits per heavy atom. The molecule has 0 radical (unpaired) electrons. The van der Waals surface area contributed by atoms with E-state index in [2.05, 4.69) is 11.1 Å². The number of rotatable bonds is 1. The van der Waals surface area contributed by atoms with E-state index in [0.717, 1.165) is 10.7 Å². The SMILES string of the molecule is N#CCc1cnc2sccn12. The Morgan fingerprint density at radius 3 is 3.45 bits per heavy atom. The average molecular weight is 163 g/mol. The summed E-state index contributed by atoms with van der Waals surface area (Å²) in [6.07, 6.45) is 4.10. The van der Waals surface area contributed by atoms with Crippen molar-refractivity contribution in [2.45, 2.75) is 6.42 Å². The van der Waals surface area contributed by atoms with Crippen molar-refractivity contribution in [2.24, 2.45) is 0 Å². The average Bonchev–Trinajstić information content (AvgIpc) is 2.53. The third kappa shape index (κ3) is 0.900. The predicted molar refractivity (Wildman–Crippen MR) is 42.4 cm³/mol. The molecular weight excluding hydrogens is 158 g/mol. The minimum atomic E-state index is 0.428. The number of aromatic nitrogens is 2. The molecule has 3 nitrogen and oxygen atoms in total. The second-order valence-corrected chi connectivity index (χ2v) is 3.01. The monoisotopic (exact) mass is 163 g/mol. The molecule has 0 bridgehead atoms. The quantitative estimate of drug-likeness (QED) is 0.638. The van der Waals surface area contributed by atoms with E-state index in [9.17, 15) is 0 Å². The summed E-state index contributed by atoms with van der Waals surface area (Å²) < 4.78 is 1.94. The first-order chi connectivity index (χ1) is 5.42. The van der Waals surface area contributed by atoms with E-state index in [4.69, 9.17) is 5.26 Å². The van der Waals surface area contributed by atoms with E-state index >= 15 is 0 Å². The zero-order valence-electron chi connectivity index (χ0n) is 5.69. The Bertz CT molecular complexity index is 406. The van der Waals surface area contributed by atoms with Crippen molar-refractivity contribution in [1.82, 2.24) is 9.38 Å². The predicted octanol–water partition coefficient (Wildman–Crippen LogP) is 1.46. The zero-order valence-corrected chi connectivity index (χ0v) is 6.51. The van der Waals surface area contributed by atoms with Crippen LogP contribution in [0.15, 0.2) is 17.8 Å². The van der Waals surface area contributed by atoms with Gasteiger partial charge in [-0.1, -0.05) is 0 Å². The van der Waals surface area contributed by atoms with Crippen molar-refractivity contribution in [3.63, 3.8) is 0 Å². The highest BCUT2D eigenvalue weighted by atomic mass is 32.1. The number of hydrogen-bond donors (Lipinski definition) is 0. The fourth-order valence-electron chi connectivity index (χ4n) is 0.988. The van der Waals surface area contributed by atoms with Crippen LogP contribution in [0.1, 0.15) is 5.69 Å². The molecule has 0 spiro atoms. The topological polar surface area (TPSA) is 41.1 Å². The molecule has 0 fully saturated rings. The standard InChI is InChI=1S/C7H5N3S/c8-2-1-6-5-9-7-10(6)3-4-11-7/h3-5H,1H2. The van der Waals surface area contributed by atoms with Crippen molar-refractivity contribution in [1.29, 1.82) is 5.26 Å². The highest BCUT2D eigenvalue weighted by Gasteiger charge is 2.01. The molecule has 2 aromatic rings. The molecule has 4 heteroatoms. The van der Waals surface area contributed by atoms with Gasteiger partial charge in [0, 0.05) is 11.6 Å². The van der Waals surface area contributed by atoms with Crippen molar-refractivity contribution in [2.75, 3.05) is 0 Å². The molecule has 0 N–H and O–H groups in total. The number of hydrogen-bond acceptors (Lipinski definition) is 3. The largest absolute Gasteiger partial charge is 0.294 e. The lowest BCUT2D eigenvalue weighted by Crippen LogP contribution is -1.85. The van der Waals surface area contributed by atoms with E-state index in [1.807, 2.05) is 16.0 Å². The summed E-state index contributed by atoms with van der Waals surface area (Å²) in [5.74, 6) is 0. The zero-order chi connectivity index (χ0) is 7.68. The molecule has 0 aliphatic carbocycles. The Hall–Kier alpha value is -1.34. The molecule has 54 valence electrons. The second-order valence-electron chi connectivity index (χ2n) is 2.14. The van der Waals surface area contributed by atoms with Crippen LogP contribution < -0.4 is 0 Å². The minimum absolute atomic E-state index is 0.428. The van der Waals surface area contributed by atoms with E-state index < -0.39 is 0 Å². The van der Waals surface area contributed by atoms with Crippen LogP contribution in [0, 0.1) is 11.3 Å². The van der Waals surface area contributed by atoms with Gasteiger partial charge in [-0.15, -0.1) is 11.3 Å². The molecule has 2 heterocycles. The number of nitrogens with zero attached hydrogens (tertiary/aromatic N) is 3. The van der Waals surface area contributed by atoms with Crippen LogP contribution in [0.25, 0.3) is 4.96 Å². The van der Waals surface area contributed by atoms with E-state index in [-0.39, 0.29) is 0 Å². The highest BCUT2D eigenvalue weighted by Crippen LogP contribution is 2.12.